The summed E-state index contributed by atoms with van der Waals surface area (Å²) in [4.78, 5) is 0. The van der Waals surface area contributed by atoms with Crippen LogP contribution in [0.5, 0.6) is 11.5 Å². The van der Waals surface area contributed by atoms with Crippen LogP contribution in [-0.4, -0.2) is 19.3 Å². The average molecular weight is 236 g/mol. The molecule has 94 valence electrons. The van der Waals surface area contributed by atoms with Gasteiger partial charge in [0.15, 0.2) is 0 Å². The fourth-order valence-corrected chi connectivity index (χ4v) is 2.42. The molecule has 0 aromatic heterocycles. The molecule has 0 amide bonds. The summed E-state index contributed by atoms with van der Waals surface area (Å²) in [6.45, 7) is 2.02. The Hall–Kier alpha value is -1.22. The largest absolute Gasteiger partial charge is 0.497 e. The highest BCUT2D eigenvalue weighted by Gasteiger charge is 2.45. The lowest BCUT2D eigenvalue weighted by Gasteiger charge is -2.29. The number of aliphatic hydroxyl groups is 1. The third-order valence-corrected chi connectivity index (χ3v) is 3.67. The maximum absolute atomic E-state index is 10.8. The van der Waals surface area contributed by atoms with Gasteiger partial charge in [-0.25, -0.2) is 0 Å². The Bertz CT molecular complexity index is 398. The summed E-state index contributed by atoms with van der Waals surface area (Å²) >= 11 is 0. The summed E-state index contributed by atoms with van der Waals surface area (Å²) in [5.41, 5.74) is 0.128. The number of benzene rings is 1. The molecule has 1 fully saturated rings. The van der Waals surface area contributed by atoms with Gasteiger partial charge in [-0.3, -0.25) is 0 Å². The van der Waals surface area contributed by atoms with E-state index in [-0.39, 0.29) is 0 Å². The van der Waals surface area contributed by atoms with E-state index >= 15 is 0 Å². The predicted molar refractivity (Wildman–Crippen MR) is 66.5 cm³/mol. The van der Waals surface area contributed by atoms with Crippen molar-refractivity contribution in [1.29, 1.82) is 0 Å². The lowest BCUT2D eigenvalue weighted by molar-refractivity contribution is 0.00672. The Morgan fingerprint density at radius 3 is 2.47 bits per heavy atom. The molecule has 0 bridgehead atoms. The van der Waals surface area contributed by atoms with Gasteiger partial charge in [0.2, 0.25) is 0 Å². The van der Waals surface area contributed by atoms with Crippen LogP contribution >= 0.6 is 0 Å². The molecule has 1 N–H and O–H groups in total. The van der Waals surface area contributed by atoms with Gasteiger partial charge in [-0.2, -0.15) is 0 Å². The van der Waals surface area contributed by atoms with Gasteiger partial charge < -0.3 is 14.6 Å². The number of ether oxygens (including phenoxy) is 2. The van der Waals surface area contributed by atoms with Crippen molar-refractivity contribution in [3.8, 4) is 11.5 Å². The van der Waals surface area contributed by atoms with Crippen molar-refractivity contribution in [2.75, 3.05) is 14.2 Å². The van der Waals surface area contributed by atoms with Crippen LogP contribution in [0.25, 0.3) is 0 Å². The SMILES string of the molecule is CCC(O)(c1ccc(OC)cc1OC)C1CC1. The van der Waals surface area contributed by atoms with Crippen LogP contribution in [0.15, 0.2) is 18.2 Å². The lowest BCUT2D eigenvalue weighted by Crippen LogP contribution is -2.28. The molecule has 1 saturated carbocycles. The van der Waals surface area contributed by atoms with Crippen molar-refractivity contribution >= 4 is 0 Å². The minimum atomic E-state index is -0.752. The van der Waals surface area contributed by atoms with Crippen LogP contribution < -0.4 is 9.47 Å². The van der Waals surface area contributed by atoms with Crippen LogP contribution in [0.2, 0.25) is 0 Å². The first-order valence-electron chi connectivity index (χ1n) is 6.10. The number of hydrogen-bond acceptors (Lipinski definition) is 3. The zero-order chi connectivity index (χ0) is 12.5. The third kappa shape index (κ3) is 2.12. The topological polar surface area (TPSA) is 38.7 Å². The molecule has 1 atom stereocenters. The zero-order valence-corrected chi connectivity index (χ0v) is 10.7. The minimum absolute atomic E-state index is 0.370. The molecule has 1 unspecified atom stereocenters. The average Bonchev–Trinajstić information content (AvgIpc) is 3.21. The van der Waals surface area contributed by atoms with Crippen molar-refractivity contribution in [1.82, 2.24) is 0 Å². The van der Waals surface area contributed by atoms with E-state index in [4.69, 9.17) is 9.47 Å². The molecule has 1 aliphatic carbocycles. The van der Waals surface area contributed by atoms with Gasteiger partial charge in [-0.1, -0.05) is 6.92 Å². The van der Waals surface area contributed by atoms with Crippen LogP contribution in [0, 0.1) is 5.92 Å². The van der Waals surface area contributed by atoms with E-state index < -0.39 is 5.60 Å². The summed E-state index contributed by atoms with van der Waals surface area (Å²) in [6, 6.07) is 5.62. The molecular formula is C14H20O3. The van der Waals surface area contributed by atoms with Crippen LogP contribution in [-0.2, 0) is 5.60 Å². The predicted octanol–water partition coefficient (Wildman–Crippen LogP) is 2.71. The summed E-state index contributed by atoms with van der Waals surface area (Å²) in [5.74, 6) is 1.83. The molecule has 0 aliphatic heterocycles. The van der Waals surface area contributed by atoms with Crippen molar-refractivity contribution in [3.05, 3.63) is 23.8 Å². The van der Waals surface area contributed by atoms with E-state index in [0.29, 0.717) is 18.1 Å². The second kappa shape index (κ2) is 4.57. The van der Waals surface area contributed by atoms with Gasteiger partial charge >= 0.3 is 0 Å². The van der Waals surface area contributed by atoms with E-state index in [1.807, 2.05) is 25.1 Å². The summed E-state index contributed by atoms with van der Waals surface area (Å²) in [5, 5.41) is 10.8. The van der Waals surface area contributed by atoms with E-state index in [1.54, 1.807) is 14.2 Å². The fraction of sp³-hybridized carbons (Fsp3) is 0.571. The highest BCUT2D eigenvalue weighted by atomic mass is 16.5. The van der Waals surface area contributed by atoms with Crippen LogP contribution in [0.3, 0.4) is 0 Å². The molecule has 3 heteroatoms. The van der Waals surface area contributed by atoms with Crippen molar-refractivity contribution in [2.24, 2.45) is 5.92 Å². The monoisotopic (exact) mass is 236 g/mol. The van der Waals surface area contributed by atoms with Crippen molar-refractivity contribution in [2.45, 2.75) is 31.8 Å². The second-order valence-electron chi connectivity index (χ2n) is 4.62. The second-order valence-corrected chi connectivity index (χ2v) is 4.62. The Morgan fingerprint density at radius 2 is 2.00 bits per heavy atom. The Kier molecular flexibility index (Phi) is 3.29. The molecular weight excluding hydrogens is 216 g/mol. The first-order valence-corrected chi connectivity index (χ1v) is 6.10. The fourth-order valence-electron chi connectivity index (χ4n) is 2.42. The van der Waals surface area contributed by atoms with E-state index in [1.165, 1.54) is 0 Å². The van der Waals surface area contributed by atoms with Crippen molar-refractivity contribution < 1.29 is 14.6 Å². The molecule has 1 aromatic carbocycles. The lowest BCUT2D eigenvalue weighted by atomic mass is 9.85. The van der Waals surface area contributed by atoms with Gasteiger partial charge in [-0.05, 0) is 37.3 Å². The minimum Gasteiger partial charge on any atom is -0.497 e. The van der Waals surface area contributed by atoms with E-state index in [2.05, 4.69) is 0 Å². The van der Waals surface area contributed by atoms with Crippen molar-refractivity contribution in [3.63, 3.8) is 0 Å². The molecule has 1 aliphatic rings. The first kappa shape index (κ1) is 12.2. The van der Waals surface area contributed by atoms with Crippen LogP contribution in [0.4, 0.5) is 0 Å². The van der Waals surface area contributed by atoms with E-state index in [0.717, 1.165) is 24.2 Å². The quantitative estimate of drug-likeness (QED) is 0.854. The standard InChI is InChI=1S/C14H20O3/c1-4-14(15,10-5-6-10)12-8-7-11(16-2)9-13(12)17-3/h7-10,15H,4-6H2,1-3H3. The first-order chi connectivity index (χ1) is 8.15. The third-order valence-electron chi connectivity index (χ3n) is 3.67. The molecule has 3 nitrogen and oxygen atoms in total. The number of methoxy groups -OCH3 is 2. The molecule has 17 heavy (non-hydrogen) atoms. The summed E-state index contributed by atoms with van der Waals surface area (Å²) in [6.07, 6.45) is 2.90. The normalized spacial score (nSPS) is 18.6. The Labute approximate surface area is 102 Å². The van der Waals surface area contributed by atoms with E-state index in [9.17, 15) is 5.11 Å². The summed E-state index contributed by atoms with van der Waals surface area (Å²) in [7, 11) is 3.25. The van der Waals surface area contributed by atoms with Gasteiger partial charge in [0.1, 0.15) is 11.5 Å². The Balaban J connectivity index is 2.42. The van der Waals surface area contributed by atoms with Gasteiger partial charge in [0.05, 0.1) is 19.8 Å². The number of rotatable bonds is 5. The zero-order valence-electron chi connectivity index (χ0n) is 10.7. The maximum atomic E-state index is 10.8. The molecule has 0 saturated heterocycles. The highest BCUT2D eigenvalue weighted by Crippen LogP contribution is 2.50. The maximum Gasteiger partial charge on any atom is 0.128 e. The molecule has 2 rings (SSSR count). The van der Waals surface area contributed by atoms with Gasteiger partial charge in [0, 0.05) is 11.6 Å². The molecule has 0 spiro atoms. The Morgan fingerprint density at radius 1 is 1.29 bits per heavy atom. The molecule has 0 radical (unpaired) electrons. The summed E-state index contributed by atoms with van der Waals surface area (Å²) < 4.78 is 10.5. The highest BCUT2D eigenvalue weighted by molar-refractivity contribution is 5.44. The van der Waals surface area contributed by atoms with Crippen LogP contribution in [0.1, 0.15) is 31.7 Å². The molecule has 1 aromatic rings. The number of hydrogen-bond donors (Lipinski definition) is 1. The van der Waals surface area contributed by atoms with Gasteiger partial charge in [0.25, 0.3) is 0 Å². The molecule has 0 heterocycles. The smallest absolute Gasteiger partial charge is 0.128 e. The van der Waals surface area contributed by atoms with Gasteiger partial charge in [-0.15, -0.1) is 0 Å².